The van der Waals surface area contributed by atoms with E-state index >= 15 is 0 Å². The van der Waals surface area contributed by atoms with Crippen LogP contribution in [0.2, 0.25) is 19.6 Å². The molecule has 0 saturated heterocycles. The standard InChI is InChI=1S/C43H47N3OSi/c1-8-30-24-37-33-13-10-9-12-32(33)34-17-15-31-16-18-35-36-14-11-20-44-43(36)47-42(35)40(31)38-23-29(22-27(2)3)19-21-45(38)25-28(4)41(34)46(37)26-39(30)48(5,6)7/h9-14,16,18-21,23-24,26-27,34,41H,4,8,15,17,22,25H2,1-3,5-7H3/q+2. The van der Waals surface area contributed by atoms with E-state index in [9.17, 15) is 0 Å². The Morgan fingerprint density at radius 3 is 2.60 bits per heavy atom. The number of allylic oxidation sites excluding steroid dienone is 1. The number of fused-ring (bicyclic) bond motifs is 13. The molecular weight excluding hydrogens is 603 g/mol. The first kappa shape index (κ1) is 30.9. The SMILES string of the molecule is C=C1C[n+]2ccc(CC(C)C)cc2-c2c(ccc3c2oc2ncccc23)CCC2c3ccccc3-c3cc(CC)c([Si](C)(C)C)c[n+]3C12. The number of furan rings is 1. The molecule has 0 radical (unpaired) electrons. The van der Waals surface area contributed by atoms with Gasteiger partial charge in [0, 0.05) is 45.9 Å². The summed E-state index contributed by atoms with van der Waals surface area (Å²) in [6, 6.07) is 25.3. The topological polar surface area (TPSA) is 33.8 Å². The van der Waals surface area contributed by atoms with Crippen LogP contribution in [0, 0.1) is 5.92 Å². The number of nitrogens with zero attached hydrogens (tertiary/aromatic N) is 3. The number of pyridine rings is 3. The number of hydrogen-bond donors (Lipinski definition) is 0. The molecule has 0 saturated carbocycles. The van der Waals surface area contributed by atoms with Gasteiger partial charge in [0.15, 0.2) is 30.6 Å². The summed E-state index contributed by atoms with van der Waals surface area (Å²) in [5.41, 5.74) is 13.6. The van der Waals surface area contributed by atoms with Gasteiger partial charge in [0.1, 0.15) is 0 Å². The number of aromatic nitrogens is 3. The van der Waals surface area contributed by atoms with Crippen molar-refractivity contribution in [1.29, 1.82) is 0 Å². The van der Waals surface area contributed by atoms with Crippen molar-refractivity contribution in [1.82, 2.24) is 4.98 Å². The molecule has 0 amide bonds. The zero-order valence-electron chi connectivity index (χ0n) is 29.3. The van der Waals surface area contributed by atoms with Crippen LogP contribution >= 0.6 is 0 Å². The third kappa shape index (κ3) is 5.06. The highest BCUT2D eigenvalue weighted by Gasteiger charge is 2.44. The third-order valence-corrected chi connectivity index (χ3v) is 12.8. The highest BCUT2D eigenvalue weighted by molar-refractivity contribution is 6.89. The summed E-state index contributed by atoms with van der Waals surface area (Å²) in [4.78, 5) is 4.62. The molecular formula is C43H47N3OSi+2. The minimum atomic E-state index is -1.61. The molecule has 242 valence electrons. The molecule has 0 fully saturated rings. The molecule has 5 heteroatoms. The summed E-state index contributed by atoms with van der Waals surface area (Å²) < 4.78 is 11.7. The molecule has 2 aliphatic rings. The molecule has 4 aromatic heterocycles. The van der Waals surface area contributed by atoms with E-state index in [-0.39, 0.29) is 6.04 Å². The highest BCUT2D eigenvalue weighted by Crippen LogP contribution is 2.45. The summed E-state index contributed by atoms with van der Waals surface area (Å²) in [5, 5.41) is 3.76. The van der Waals surface area contributed by atoms with Crippen molar-refractivity contribution in [2.75, 3.05) is 0 Å². The highest BCUT2D eigenvalue weighted by atomic mass is 28.3. The van der Waals surface area contributed by atoms with Gasteiger partial charge < -0.3 is 4.42 Å². The van der Waals surface area contributed by atoms with E-state index in [0.717, 1.165) is 48.6 Å². The lowest BCUT2D eigenvalue weighted by molar-refractivity contribution is -0.722. The fourth-order valence-electron chi connectivity index (χ4n) is 8.59. The predicted octanol–water partition coefficient (Wildman–Crippen LogP) is 9.04. The molecule has 2 unspecified atom stereocenters. The smallest absolute Gasteiger partial charge is 0.227 e. The molecule has 6 heterocycles. The second-order valence-electron chi connectivity index (χ2n) is 15.5. The number of rotatable bonds is 4. The van der Waals surface area contributed by atoms with Gasteiger partial charge >= 0.3 is 0 Å². The van der Waals surface area contributed by atoms with Crippen molar-refractivity contribution in [3.05, 3.63) is 120 Å². The minimum absolute atomic E-state index is 0.160. The average molecular weight is 650 g/mol. The zero-order valence-corrected chi connectivity index (χ0v) is 30.3. The van der Waals surface area contributed by atoms with Crippen LogP contribution in [0.25, 0.3) is 44.6 Å². The van der Waals surface area contributed by atoms with E-state index in [0.29, 0.717) is 17.5 Å². The van der Waals surface area contributed by atoms with Gasteiger partial charge in [-0.15, -0.1) is 0 Å². The quantitative estimate of drug-likeness (QED) is 0.109. The Morgan fingerprint density at radius 2 is 1.81 bits per heavy atom. The van der Waals surface area contributed by atoms with Gasteiger partial charge in [0.05, 0.1) is 25.1 Å². The number of aryl methyl sites for hydroxylation is 2. The molecule has 0 bridgehead atoms. The fraction of sp³-hybridized carbons (Fsp3) is 0.326. The molecule has 8 rings (SSSR count). The van der Waals surface area contributed by atoms with Gasteiger partial charge in [0.25, 0.3) is 0 Å². The number of hydrogen-bond acceptors (Lipinski definition) is 2. The summed E-state index contributed by atoms with van der Waals surface area (Å²) in [7, 11) is -1.61. The number of benzene rings is 2. The predicted molar refractivity (Wildman–Crippen MR) is 199 cm³/mol. The monoisotopic (exact) mass is 649 g/mol. The van der Waals surface area contributed by atoms with Crippen molar-refractivity contribution >= 4 is 35.3 Å². The van der Waals surface area contributed by atoms with Gasteiger partial charge in [0.2, 0.25) is 17.1 Å². The van der Waals surface area contributed by atoms with E-state index < -0.39 is 8.07 Å². The van der Waals surface area contributed by atoms with Gasteiger partial charge in [-0.05, 0) is 72.1 Å². The lowest BCUT2D eigenvalue weighted by Crippen LogP contribution is -2.55. The Morgan fingerprint density at radius 1 is 0.979 bits per heavy atom. The van der Waals surface area contributed by atoms with Crippen molar-refractivity contribution in [3.63, 3.8) is 0 Å². The lowest BCUT2D eigenvalue weighted by atomic mass is 9.76. The van der Waals surface area contributed by atoms with Crippen LogP contribution in [-0.2, 0) is 25.8 Å². The Kier molecular flexibility index (Phi) is 7.52. The summed E-state index contributed by atoms with van der Waals surface area (Å²) in [5.74, 6) is 0.870. The van der Waals surface area contributed by atoms with Crippen LogP contribution in [0.3, 0.4) is 0 Å². The molecule has 2 aliphatic heterocycles. The van der Waals surface area contributed by atoms with E-state index in [1.165, 1.54) is 50.3 Å². The van der Waals surface area contributed by atoms with E-state index in [2.05, 4.69) is 128 Å². The van der Waals surface area contributed by atoms with Crippen LogP contribution in [0.15, 0.2) is 102 Å². The second kappa shape index (κ2) is 11.7. The fourth-order valence-corrected chi connectivity index (χ4v) is 10.3. The molecule has 48 heavy (non-hydrogen) atoms. The second-order valence-corrected chi connectivity index (χ2v) is 20.6. The van der Waals surface area contributed by atoms with Crippen molar-refractivity contribution in [3.8, 4) is 22.5 Å². The Labute approximate surface area is 285 Å². The molecule has 0 spiro atoms. The summed E-state index contributed by atoms with van der Waals surface area (Å²) in [6.07, 6.45) is 10.7. The normalized spacial score (nSPS) is 17.5. The maximum Gasteiger partial charge on any atom is 0.227 e. The van der Waals surface area contributed by atoms with Crippen LogP contribution < -0.4 is 14.3 Å². The van der Waals surface area contributed by atoms with E-state index in [1.54, 1.807) is 5.19 Å². The van der Waals surface area contributed by atoms with Crippen LogP contribution in [0.4, 0.5) is 0 Å². The molecule has 4 nitrogen and oxygen atoms in total. The van der Waals surface area contributed by atoms with Crippen molar-refractivity contribution < 1.29 is 13.6 Å². The largest absolute Gasteiger partial charge is 0.437 e. The van der Waals surface area contributed by atoms with Crippen LogP contribution in [-0.4, -0.2) is 13.1 Å². The van der Waals surface area contributed by atoms with E-state index in [4.69, 9.17) is 11.0 Å². The molecule has 0 aliphatic carbocycles. The van der Waals surface area contributed by atoms with Gasteiger partial charge in [-0.2, -0.15) is 9.13 Å². The maximum absolute atomic E-state index is 6.65. The zero-order chi connectivity index (χ0) is 33.3. The summed E-state index contributed by atoms with van der Waals surface area (Å²) in [6.45, 7) is 20.0. The third-order valence-electron chi connectivity index (χ3n) is 10.7. The first-order valence-corrected chi connectivity index (χ1v) is 21.3. The van der Waals surface area contributed by atoms with Crippen molar-refractivity contribution in [2.45, 2.75) is 84.6 Å². The van der Waals surface area contributed by atoms with Crippen LogP contribution in [0.5, 0.6) is 0 Å². The Hall–Kier alpha value is -4.35. The van der Waals surface area contributed by atoms with Crippen LogP contribution in [0.1, 0.15) is 61.4 Å². The lowest BCUT2D eigenvalue weighted by Gasteiger charge is -2.33. The van der Waals surface area contributed by atoms with E-state index in [1.807, 2.05) is 12.3 Å². The van der Waals surface area contributed by atoms with Gasteiger partial charge in [-0.25, -0.2) is 4.98 Å². The molecule has 6 aromatic rings. The molecule has 2 aromatic carbocycles. The summed E-state index contributed by atoms with van der Waals surface area (Å²) >= 11 is 0. The molecule has 0 N–H and O–H groups in total. The van der Waals surface area contributed by atoms with Gasteiger partial charge in [-0.3, -0.25) is 0 Å². The first-order valence-electron chi connectivity index (χ1n) is 17.8. The Balaban J connectivity index is 1.38. The van der Waals surface area contributed by atoms with Crippen molar-refractivity contribution in [2.24, 2.45) is 5.92 Å². The maximum atomic E-state index is 6.65. The minimum Gasteiger partial charge on any atom is -0.437 e. The first-order chi connectivity index (χ1) is 23.1. The average Bonchev–Trinajstić information content (AvgIpc) is 3.44. The Bertz CT molecular complexity index is 2240. The molecule has 2 atom stereocenters. The van der Waals surface area contributed by atoms with Gasteiger partial charge in [-0.1, -0.05) is 77.3 Å².